The van der Waals surface area contributed by atoms with Crippen molar-refractivity contribution < 1.29 is 9.50 Å². The van der Waals surface area contributed by atoms with Gasteiger partial charge in [0.15, 0.2) is 5.88 Å². The molecular weight excluding hydrogens is 367 g/mol. The molecule has 6 heteroatoms. The fourth-order valence-corrected chi connectivity index (χ4v) is 3.58. The average molecular weight is 397 g/mol. The number of nitrogens with zero attached hydrogens (tertiary/aromatic N) is 2. The molecule has 5 nitrogen and oxygen atoms in total. The third-order valence-electron chi connectivity index (χ3n) is 5.03. The smallest absolute Gasteiger partial charge is 0.198 e. The van der Waals surface area contributed by atoms with Crippen LogP contribution < -0.4 is 5.32 Å². The van der Waals surface area contributed by atoms with Crippen LogP contribution in [0.3, 0.4) is 0 Å². The minimum absolute atomic E-state index is 0.0496. The van der Waals surface area contributed by atoms with Crippen LogP contribution >= 0.6 is 0 Å². The molecule has 0 aliphatic rings. The molecule has 0 atom stereocenters. The molecule has 0 radical (unpaired) electrons. The van der Waals surface area contributed by atoms with E-state index in [9.17, 15) is 9.50 Å². The van der Waals surface area contributed by atoms with E-state index in [0.717, 1.165) is 17.4 Å². The average Bonchev–Trinajstić information content (AvgIpc) is 2.99. The lowest BCUT2D eigenvalue weighted by molar-refractivity contribution is 0.182. The van der Waals surface area contributed by atoms with Crippen LogP contribution in [-0.2, 0) is 0 Å². The van der Waals surface area contributed by atoms with Gasteiger partial charge in [0.25, 0.3) is 0 Å². The normalized spacial score (nSPS) is 12.1. The topological polar surface area (TPSA) is 63.6 Å². The Labute approximate surface area is 171 Å². The predicted molar refractivity (Wildman–Crippen MR) is 119 cm³/mol. The zero-order chi connectivity index (χ0) is 21.0. The van der Waals surface area contributed by atoms with E-state index in [1.807, 2.05) is 24.3 Å². The van der Waals surface area contributed by atoms with Crippen molar-refractivity contribution in [3.05, 3.63) is 53.8 Å². The first-order chi connectivity index (χ1) is 13.9. The number of aromatic nitrogens is 1. The SMILES string of the molecule is CC(C)N(CCNc1ccc(N=Cc2c(O)[nH]c3ccccc23)cc1F)C(C)C. The molecule has 3 N–H and O–H groups in total. The van der Waals surface area contributed by atoms with Gasteiger partial charge < -0.3 is 15.4 Å². The third kappa shape index (κ3) is 4.95. The molecule has 0 fully saturated rings. The van der Waals surface area contributed by atoms with Crippen LogP contribution in [0.15, 0.2) is 47.5 Å². The molecule has 0 unspecified atom stereocenters. The number of H-pyrrole nitrogens is 1. The van der Waals surface area contributed by atoms with Crippen LogP contribution in [0.1, 0.15) is 33.3 Å². The van der Waals surface area contributed by atoms with Crippen molar-refractivity contribution in [2.75, 3.05) is 18.4 Å². The molecule has 1 aromatic heterocycles. The Hall–Kier alpha value is -2.86. The molecule has 3 aromatic rings. The zero-order valence-corrected chi connectivity index (χ0v) is 17.4. The Morgan fingerprint density at radius 2 is 1.86 bits per heavy atom. The predicted octanol–water partition coefficient (Wildman–Crippen LogP) is 5.29. The molecule has 29 heavy (non-hydrogen) atoms. The highest BCUT2D eigenvalue weighted by atomic mass is 19.1. The Kier molecular flexibility index (Phi) is 6.54. The number of rotatable bonds is 8. The van der Waals surface area contributed by atoms with Crippen molar-refractivity contribution in [3.8, 4) is 5.88 Å². The molecular formula is C23H29FN4O. The summed E-state index contributed by atoms with van der Waals surface area (Å²) in [7, 11) is 0. The molecule has 0 saturated carbocycles. The van der Waals surface area contributed by atoms with Crippen molar-refractivity contribution in [1.29, 1.82) is 0 Å². The van der Waals surface area contributed by atoms with Crippen molar-refractivity contribution in [1.82, 2.24) is 9.88 Å². The number of fused-ring (bicyclic) bond motifs is 1. The highest BCUT2D eigenvalue weighted by Gasteiger charge is 2.13. The first-order valence-corrected chi connectivity index (χ1v) is 9.99. The van der Waals surface area contributed by atoms with E-state index in [0.29, 0.717) is 35.6 Å². The highest BCUT2D eigenvalue weighted by molar-refractivity contribution is 6.02. The van der Waals surface area contributed by atoms with Crippen LogP contribution in [0.25, 0.3) is 10.9 Å². The van der Waals surface area contributed by atoms with Gasteiger partial charge in [0.1, 0.15) is 5.82 Å². The zero-order valence-electron chi connectivity index (χ0n) is 17.4. The van der Waals surface area contributed by atoms with Crippen LogP contribution in [0.4, 0.5) is 15.8 Å². The third-order valence-corrected chi connectivity index (χ3v) is 5.03. The van der Waals surface area contributed by atoms with Crippen LogP contribution in [0, 0.1) is 5.82 Å². The van der Waals surface area contributed by atoms with E-state index < -0.39 is 0 Å². The van der Waals surface area contributed by atoms with Gasteiger partial charge in [0.2, 0.25) is 0 Å². The molecule has 0 spiro atoms. The van der Waals surface area contributed by atoms with Gasteiger partial charge in [-0.1, -0.05) is 18.2 Å². The maximum absolute atomic E-state index is 14.5. The number of halogens is 1. The van der Waals surface area contributed by atoms with E-state index in [4.69, 9.17) is 0 Å². The van der Waals surface area contributed by atoms with E-state index in [-0.39, 0.29) is 11.7 Å². The molecule has 2 aromatic carbocycles. The minimum Gasteiger partial charge on any atom is -0.494 e. The van der Waals surface area contributed by atoms with E-state index in [1.54, 1.807) is 18.3 Å². The Morgan fingerprint density at radius 1 is 1.14 bits per heavy atom. The Bertz CT molecular complexity index is 986. The van der Waals surface area contributed by atoms with Gasteiger partial charge in [-0.2, -0.15) is 0 Å². The van der Waals surface area contributed by atoms with Crippen molar-refractivity contribution in [2.24, 2.45) is 4.99 Å². The summed E-state index contributed by atoms with van der Waals surface area (Å²) >= 11 is 0. The summed E-state index contributed by atoms with van der Waals surface area (Å²) in [5, 5.41) is 14.1. The largest absolute Gasteiger partial charge is 0.494 e. The van der Waals surface area contributed by atoms with Gasteiger partial charge in [0, 0.05) is 48.4 Å². The van der Waals surface area contributed by atoms with Gasteiger partial charge >= 0.3 is 0 Å². The molecule has 0 aliphatic heterocycles. The molecule has 0 saturated heterocycles. The van der Waals surface area contributed by atoms with Gasteiger partial charge in [-0.05, 0) is 45.9 Å². The van der Waals surface area contributed by atoms with Crippen LogP contribution in [-0.4, -0.2) is 46.4 Å². The fourth-order valence-electron chi connectivity index (χ4n) is 3.58. The number of hydrogen-bond donors (Lipinski definition) is 3. The maximum Gasteiger partial charge on any atom is 0.198 e. The van der Waals surface area contributed by atoms with Gasteiger partial charge in [-0.3, -0.25) is 9.89 Å². The van der Waals surface area contributed by atoms with E-state index >= 15 is 0 Å². The number of nitrogens with one attached hydrogen (secondary N) is 2. The molecule has 3 rings (SSSR count). The molecule has 0 bridgehead atoms. The first-order valence-electron chi connectivity index (χ1n) is 9.99. The summed E-state index contributed by atoms with van der Waals surface area (Å²) in [6, 6.07) is 13.3. The van der Waals surface area contributed by atoms with Crippen molar-refractivity contribution in [3.63, 3.8) is 0 Å². The summed E-state index contributed by atoms with van der Waals surface area (Å²) in [6.45, 7) is 10.2. The van der Waals surface area contributed by atoms with Crippen molar-refractivity contribution in [2.45, 2.75) is 39.8 Å². The lowest BCUT2D eigenvalue weighted by Gasteiger charge is -2.30. The number of hydrogen-bond acceptors (Lipinski definition) is 4. The van der Waals surface area contributed by atoms with Crippen LogP contribution in [0.5, 0.6) is 5.88 Å². The highest BCUT2D eigenvalue weighted by Crippen LogP contribution is 2.27. The quantitative estimate of drug-likeness (QED) is 0.453. The van der Waals surface area contributed by atoms with Gasteiger partial charge in [-0.15, -0.1) is 0 Å². The second kappa shape index (κ2) is 9.09. The number of aromatic hydroxyl groups is 1. The lowest BCUT2D eigenvalue weighted by atomic mass is 10.2. The number of para-hydroxylation sites is 1. The summed E-state index contributed by atoms with van der Waals surface area (Å²) in [5.41, 5.74) is 2.37. The number of aliphatic imine (C=N–C) groups is 1. The molecule has 0 aliphatic carbocycles. The van der Waals surface area contributed by atoms with E-state index in [2.05, 4.69) is 47.9 Å². The number of anilines is 1. The fraction of sp³-hybridized carbons (Fsp3) is 0.348. The second-order valence-electron chi connectivity index (χ2n) is 7.71. The van der Waals surface area contributed by atoms with Crippen LogP contribution in [0.2, 0.25) is 0 Å². The maximum atomic E-state index is 14.5. The second-order valence-corrected chi connectivity index (χ2v) is 7.71. The Morgan fingerprint density at radius 3 is 2.55 bits per heavy atom. The van der Waals surface area contributed by atoms with Crippen molar-refractivity contribution >= 4 is 28.5 Å². The summed E-state index contributed by atoms with van der Waals surface area (Å²) in [6.07, 6.45) is 1.55. The molecule has 154 valence electrons. The summed E-state index contributed by atoms with van der Waals surface area (Å²) < 4.78 is 14.5. The minimum atomic E-state index is -0.344. The standard InChI is InChI=1S/C23H29FN4O/c1-15(2)28(16(3)4)12-11-25-22-10-9-17(13-20(22)24)26-14-19-18-7-5-6-8-21(18)27-23(19)29/h5-10,13-16,25,27,29H,11-12H2,1-4H3. The Balaban J connectivity index is 1.68. The monoisotopic (exact) mass is 396 g/mol. The first kappa shape index (κ1) is 20.9. The van der Waals surface area contributed by atoms with Gasteiger partial charge in [-0.25, -0.2) is 4.39 Å². The number of aromatic amines is 1. The summed E-state index contributed by atoms with van der Waals surface area (Å²) in [5.74, 6) is -0.294. The number of benzene rings is 2. The molecule has 0 amide bonds. The van der Waals surface area contributed by atoms with E-state index in [1.165, 1.54) is 6.07 Å². The molecule has 1 heterocycles. The summed E-state index contributed by atoms with van der Waals surface area (Å²) in [4.78, 5) is 9.60. The van der Waals surface area contributed by atoms with Gasteiger partial charge in [0.05, 0.1) is 16.9 Å². The lowest BCUT2D eigenvalue weighted by Crippen LogP contribution is -2.40.